The average molecular weight is 390 g/mol. The summed E-state index contributed by atoms with van der Waals surface area (Å²) in [6.07, 6.45) is 3.16. The Labute approximate surface area is 169 Å². The molecule has 7 nitrogen and oxygen atoms in total. The number of carbonyl (C=O) groups excluding carboxylic acids is 2. The first kappa shape index (κ1) is 18.7. The smallest absolute Gasteiger partial charge is 0.289 e. The zero-order valence-electron chi connectivity index (χ0n) is 16.2. The van der Waals surface area contributed by atoms with Crippen molar-refractivity contribution in [3.63, 3.8) is 0 Å². The van der Waals surface area contributed by atoms with E-state index in [1.165, 1.54) is 6.26 Å². The van der Waals surface area contributed by atoms with Gasteiger partial charge in [-0.15, -0.1) is 0 Å². The van der Waals surface area contributed by atoms with Gasteiger partial charge in [0.2, 0.25) is 0 Å². The van der Waals surface area contributed by atoms with Crippen LogP contribution in [-0.2, 0) is 0 Å². The van der Waals surface area contributed by atoms with Gasteiger partial charge >= 0.3 is 0 Å². The van der Waals surface area contributed by atoms with Crippen molar-refractivity contribution in [1.29, 1.82) is 0 Å². The number of furan rings is 1. The topological polar surface area (TPSA) is 78.7 Å². The fourth-order valence-electron chi connectivity index (χ4n) is 3.33. The maximum Gasteiger partial charge on any atom is 0.289 e. The summed E-state index contributed by atoms with van der Waals surface area (Å²) in [6.45, 7) is 4.54. The number of hydrogen-bond acceptors (Lipinski definition) is 5. The maximum absolute atomic E-state index is 12.4. The van der Waals surface area contributed by atoms with Gasteiger partial charge in [-0.3, -0.25) is 9.59 Å². The fourth-order valence-corrected chi connectivity index (χ4v) is 3.33. The van der Waals surface area contributed by atoms with E-state index in [1.54, 1.807) is 29.3 Å². The van der Waals surface area contributed by atoms with E-state index in [9.17, 15) is 9.59 Å². The molecule has 3 heterocycles. The second-order valence-electron chi connectivity index (χ2n) is 6.99. The van der Waals surface area contributed by atoms with Crippen LogP contribution >= 0.6 is 0 Å². The molecule has 4 rings (SSSR count). The summed E-state index contributed by atoms with van der Waals surface area (Å²) in [7, 11) is 0. The summed E-state index contributed by atoms with van der Waals surface area (Å²) in [6, 6.07) is 14.6. The quantitative estimate of drug-likeness (QED) is 0.740. The second-order valence-corrected chi connectivity index (χ2v) is 6.99. The number of piperazine rings is 1. The van der Waals surface area contributed by atoms with Crippen LogP contribution in [0.25, 0.3) is 0 Å². The molecule has 2 amide bonds. The zero-order chi connectivity index (χ0) is 20.2. The Morgan fingerprint density at radius 1 is 1.03 bits per heavy atom. The summed E-state index contributed by atoms with van der Waals surface area (Å²) in [5.74, 6) is 0.944. The Morgan fingerprint density at radius 2 is 1.86 bits per heavy atom. The molecule has 1 aromatic carbocycles. The highest BCUT2D eigenvalue weighted by molar-refractivity contribution is 6.04. The van der Waals surface area contributed by atoms with Crippen LogP contribution in [0.15, 0.2) is 65.4 Å². The van der Waals surface area contributed by atoms with E-state index in [2.05, 4.69) is 15.2 Å². The molecule has 7 heteroatoms. The number of rotatable bonds is 4. The van der Waals surface area contributed by atoms with Crippen LogP contribution in [0, 0.1) is 6.92 Å². The van der Waals surface area contributed by atoms with Crippen molar-refractivity contribution in [2.75, 3.05) is 36.4 Å². The van der Waals surface area contributed by atoms with E-state index in [1.807, 2.05) is 37.3 Å². The lowest BCUT2D eigenvalue weighted by Gasteiger charge is -2.35. The third-order valence-electron chi connectivity index (χ3n) is 4.91. The van der Waals surface area contributed by atoms with Gasteiger partial charge in [0.15, 0.2) is 5.76 Å². The molecule has 148 valence electrons. The Morgan fingerprint density at radius 3 is 2.52 bits per heavy atom. The lowest BCUT2D eigenvalue weighted by atomic mass is 10.1. The molecule has 0 spiro atoms. The molecule has 0 radical (unpaired) electrons. The Kier molecular flexibility index (Phi) is 5.29. The summed E-state index contributed by atoms with van der Waals surface area (Å²) < 4.78 is 5.19. The van der Waals surface area contributed by atoms with Crippen molar-refractivity contribution >= 4 is 23.3 Å². The summed E-state index contributed by atoms with van der Waals surface area (Å²) in [5, 5.41) is 2.87. The molecule has 2 aromatic heterocycles. The van der Waals surface area contributed by atoms with Crippen molar-refractivity contribution < 1.29 is 14.0 Å². The molecule has 1 fully saturated rings. The van der Waals surface area contributed by atoms with E-state index in [0.29, 0.717) is 43.2 Å². The van der Waals surface area contributed by atoms with Crippen LogP contribution in [0.3, 0.4) is 0 Å². The lowest BCUT2D eigenvalue weighted by molar-refractivity contribution is 0.0714. The fraction of sp³-hybridized carbons (Fsp3) is 0.227. The van der Waals surface area contributed by atoms with E-state index >= 15 is 0 Å². The van der Waals surface area contributed by atoms with Gasteiger partial charge in [0.25, 0.3) is 11.8 Å². The summed E-state index contributed by atoms with van der Waals surface area (Å²) in [5.41, 5.74) is 2.30. The molecule has 0 aliphatic carbocycles. The van der Waals surface area contributed by atoms with Gasteiger partial charge < -0.3 is 19.5 Å². The number of carbonyl (C=O) groups is 2. The first-order valence-corrected chi connectivity index (χ1v) is 9.52. The molecular weight excluding hydrogens is 368 g/mol. The Hall–Kier alpha value is -3.61. The molecule has 1 aliphatic heterocycles. The highest BCUT2D eigenvalue weighted by atomic mass is 16.3. The van der Waals surface area contributed by atoms with Crippen LogP contribution < -0.4 is 10.2 Å². The molecule has 1 N–H and O–H groups in total. The predicted molar refractivity (Wildman–Crippen MR) is 110 cm³/mol. The molecule has 3 aromatic rings. The molecular formula is C22H22N4O3. The van der Waals surface area contributed by atoms with E-state index in [4.69, 9.17) is 4.42 Å². The number of nitrogens with zero attached hydrogens (tertiary/aromatic N) is 3. The van der Waals surface area contributed by atoms with E-state index < -0.39 is 0 Å². The highest BCUT2D eigenvalue weighted by Gasteiger charge is 2.24. The molecule has 1 saturated heterocycles. The predicted octanol–water partition coefficient (Wildman–Crippen LogP) is 3.20. The van der Waals surface area contributed by atoms with E-state index in [0.717, 1.165) is 11.4 Å². The van der Waals surface area contributed by atoms with Gasteiger partial charge in [-0.25, -0.2) is 4.98 Å². The van der Waals surface area contributed by atoms with Gasteiger partial charge in [0.05, 0.1) is 18.1 Å². The van der Waals surface area contributed by atoms with Gasteiger partial charge in [-0.05, 0) is 43.3 Å². The standard InChI is InChI=1S/C22H22N4O3/c1-16-4-2-5-17(14-16)21(27)24-18-7-8-20(23-15-18)25-9-11-26(12-10-25)22(28)19-6-3-13-29-19/h2-8,13-15H,9-12H2,1H3,(H,24,27). The third kappa shape index (κ3) is 4.29. The summed E-state index contributed by atoms with van der Waals surface area (Å²) in [4.78, 5) is 33.1. The van der Waals surface area contributed by atoms with Crippen molar-refractivity contribution in [2.45, 2.75) is 6.92 Å². The minimum Gasteiger partial charge on any atom is -0.459 e. The number of pyridine rings is 1. The number of anilines is 2. The van der Waals surface area contributed by atoms with Crippen LogP contribution in [-0.4, -0.2) is 47.9 Å². The molecule has 0 atom stereocenters. The SMILES string of the molecule is Cc1cccc(C(=O)Nc2ccc(N3CCN(C(=O)c4ccco4)CC3)nc2)c1. The minimum absolute atomic E-state index is 0.0863. The van der Waals surface area contributed by atoms with Gasteiger partial charge in [0, 0.05) is 31.7 Å². The first-order valence-electron chi connectivity index (χ1n) is 9.52. The Balaban J connectivity index is 1.34. The van der Waals surface area contributed by atoms with Crippen molar-refractivity contribution in [3.05, 3.63) is 77.9 Å². The van der Waals surface area contributed by atoms with Crippen LogP contribution in [0.1, 0.15) is 26.5 Å². The van der Waals surface area contributed by atoms with Crippen LogP contribution in [0.4, 0.5) is 11.5 Å². The molecule has 1 aliphatic rings. The number of hydrogen-bond donors (Lipinski definition) is 1. The lowest BCUT2D eigenvalue weighted by Crippen LogP contribution is -2.49. The first-order chi connectivity index (χ1) is 14.1. The average Bonchev–Trinajstić information content (AvgIpc) is 3.29. The Bertz CT molecular complexity index is 991. The maximum atomic E-state index is 12.4. The largest absolute Gasteiger partial charge is 0.459 e. The normalized spacial score (nSPS) is 14.0. The minimum atomic E-state index is -0.159. The molecule has 0 bridgehead atoms. The van der Waals surface area contributed by atoms with Crippen LogP contribution in [0.5, 0.6) is 0 Å². The number of nitrogens with one attached hydrogen (secondary N) is 1. The van der Waals surface area contributed by atoms with Crippen LogP contribution in [0.2, 0.25) is 0 Å². The monoisotopic (exact) mass is 390 g/mol. The van der Waals surface area contributed by atoms with Crippen molar-refractivity contribution in [1.82, 2.24) is 9.88 Å². The van der Waals surface area contributed by atoms with Gasteiger partial charge in [-0.1, -0.05) is 17.7 Å². The zero-order valence-corrected chi connectivity index (χ0v) is 16.2. The number of aryl methyl sites for hydroxylation is 1. The highest BCUT2D eigenvalue weighted by Crippen LogP contribution is 2.18. The van der Waals surface area contributed by atoms with Crippen molar-refractivity contribution in [2.24, 2.45) is 0 Å². The number of amides is 2. The third-order valence-corrected chi connectivity index (χ3v) is 4.91. The molecule has 0 unspecified atom stereocenters. The number of benzene rings is 1. The summed E-state index contributed by atoms with van der Waals surface area (Å²) >= 11 is 0. The second kappa shape index (κ2) is 8.18. The van der Waals surface area contributed by atoms with E-state index in [-0.39, 0.29) is 11.8 Å². The van der Waals surface area contributed by atoms with Gasteiger partial charge in [0.1, 0.15) is 5.82 Å². The number of aromatic nitrogens is 1. The van der Waals surface area contributed by atoms with Crippen molar-refractivity contribution in [3.8, 4) is 0 Å². The van der Waals surface area contributed by atoms with Gasteiger partial charge in [-0.2, -0.15) is 0 Å². The molecule has 0 saturated carbocycles. The molecule has 29 heavy (non-hydrogen) atoms.